The van der Waals surface area contributed by atoms with Gasteiger partial charge in [-0.3, -0.25) is 0 Å². The number of hydrogen-bond acceptors (Lipinski definition) is 2. The zero-order chi connectivity index (χ0) is 7.68. The van der Waals surface area contributed by atoms with Crippen LogP contribution in [0.4, 0.5) is 0 Å². The van der Waals surface area contributed by atoms with E-state index in [0.29, 0.717) is 10.7 Å². The van der Waals surface area contributed by atoms with E-state index in [4.69, 9.17) is 4.74 Å². The second-order valence-electron chi connectivity index (χ2n) is 2.64. The van der Waals surface area contributed by atoms with Gasteiger partial charge in [-0.25, -0.2) is 0 Å². The van der Waals surface area contributed by atoms with Gasteiger partial charge >= 0.3 is 0 Å². The van der Waals surface area contributed by atoms with Crippen molar-refractivity contribution >= 4 is 11.8 Å². The summed E-state index contributed by atoms with van der Waals surface area (Å²) in [5.74, 6) is 0.981. The average Bonchev–Trinajstić information content (AvgIpc) is 2.69. The Bertz CT molecular complexity index is 235. The first-order valence-electron chi connectivity index (χ1n) is 3.73. The van der Waals surface area contributed by atoms with E-state index in [2.05, 4.69) is 6.92 Å². The van der Waals surface area contributed by atoms with Crippen LogP contribution >= 0.6 is 11.8 Å². The van der Waals surface area contributed by atoms with Crippen LogP contribution < -0.4 is 4.74 Å². The van der Waals surface area contributed by atoms with Gasteiger partial charge in [0, 0.05) is 0 Å². The second kappa shape index (κ2) is 2.78. The largest absolute Gasteiger partial charge is 0.479 e. The average molecular weight is 166 g/mol. The molecule has 0 amide bonds. The molecule has 1 aliphatic rings. The monoisotopic (exact) mass is 166 g/mol. The summed E-state index contributed by atoms with van der Waals surface area (Å²) in [6, 6.07) is 9.97. The van der Waals surface area contributed by atoms with Crippen LogP contribution in [0, 0.1) is 0 Å². The highest BCUT2D eigenvalue weighted by Crippen LogP contribution is 2.41. The molecular weight excluding hydrogens is 156 g/mol. The van der Waals surface area contributed by atoms with Crippen molar-refractivity contribution in [1.29, 1.82) is 0 Å². The third-order valence-corrected chi connectivity index (χ3v) is 2.79. The Kier molecular flexibility index (Phi) is 1.78. The number of hydrogen-bond donors (Lipinski definition) is 0. The molecule has 0 saturated carbocycles. The summed E-state index contributed by atoms with van der Waals surface area (Å²) in [4.78, 5) is 0. The highest BCUT2D eigenvalue weighted by Gasteiger charge is 2.36. The van der Waals surface area contributed by atoms with Crippen LogP contribution in [0.2, 0.25) is 0 Å². The fourth-order valence-corrected chi connectivity index (χ4v) is 1.48. The molecule has 0 aliphatic carbocycles. The van der Waals surface area contributed by atoms with E-state index in [0.717, 1.165) is 5.75 Å². The summed E-state index contributed by atoms with van der Waals surface area (Å²) in [6.45, 7) is 2.18. The van der Waals surface area contributed by atoms with E-state index in [9.17, 15) is 0 Å². The van der Waals surface area contributed by atoms with Crippen molar-refractivity contribution in [2.24, 2.45) is 0 Å². The van der Waals surface area contributed by atoms with Crippen LogP contribution in [0.3, 0.4) is 0 Å². The van der Waals surface area contributed by atoms with Crippen LogP contribution in [-0.4, -0.2) is 10.7 Å². The number of para-hydroxylation sites is 1. The Labute approximate surface area is 70.8 Å². The Balaban J connectivity index is 1.97. The first-order valence-corrected chi connectivity index (χ1v) is 4.68. The lowest BCUT2D eigenvalue weighted by Gasteiger charge is -2.01. The molecule has 2 atom stereocenters. The van der Waals surface area contributed by atoms with Gasteiger partial charge in [0.1, 0.15) is 5.75 Å². The topological polar surface area (TPSA) is 9.23 Å². The number of thioether (sulfide) groups is 1. The Morgan fingerprint density at radius 1 is 1.27 bits per heavy atom. The van der Waals surface area contributed by atoms with Gasteiger partial charge in [-0.15, -0.1) is 11.8 Å². The molecule has 1 aliphatic heterocycles. The molecule has 1 saturated heterocycles. The molecule has 0 bridgehead atoms. The number of rotatable bonds is 2. The third-order valence-electron chi connectivity index (χ3n) is 1.65. The third kappa shape index (κ3) is 1.69. The molecule has 2 heteroatoms. The normalized spacial score (nSPS) is 28.1. The smallest absolute Gasteiger partial charge is 0.156 e. The van der Waals surface area contributed by atoms with E-state index in [1.807, 2.05) is 42.1 Å². The van der Waals surface area contributed by atoms with Crippen LogP contribution in [-0.2, 0) is 0 Å². The molecule has 1 fully saturated rings. The molecule has 1 nitrogen and oxygen atoms in total. The zero-order valence-corrected chi connectivity index (χ0v) is 7.17. The molecule has 0 spiro atoms. The van der Waals surface area contributed by atoms with Crippen molar-refractivity contribution in [3.05, 3.63) is 30.3 Å². The lowest BCUT2D eigenvalue weighted by Crippen LogP contribution is -1.99. The van der Waals surface area contributed by atoms with Gasteiger partial charge < -0.3 is 4.74 Å². The maximum atomic E-state index is 5.60. The zero-order valence-electron chi connectivity index (χ0n) is 6.36. The van der Waals surface area contributed by atoms with E-state index in [1.54, 1.807) is 0 Å². The number of ether oxygens (including phenoxy) is 1. The summed E-state index contributed by atoms with van der Waals surface area (Å²) in [5.41, 5.74) is 0.400. The minimum atomic E-state index is 0.400. The fraction of sp³-hybridized carbons (Fsp3) is 0.333. The van der Waals surface area contributed by atoms with Crippen molar-refractivity contribution in [2.75, 3.05) is 0 Å². The molecule has 2 unspecified atom stereocenters. The van der Waals surface area contributed by atoms with Crippen molar-refractivity contribution in [2.45, 2.75) is 17.6 Å². The summed E-state index contributed by atoms with van der Waals surface area (Å²) in [7, 11) is 0. The highest BCUT2D eigenvalue weighted by atomic mass is 32.2. The first kappa shape index (κ1) is 7.04. The standard InChI is InChI=1S/C9H10OS/c1-7-9(11-7)10-8-5-3-2-4-6-8/h2-7,9H,1H3. The predicted molar refractivity (Wildman–Crippen MR) is 47.9 cm³/mol. The van der Waals surface area contributed by atoms with Gasteiger partial charge in [0.05, 0.1) is 5.25 Å². The maximum absolute atomic E-state index is 5.60. The SMILES string of the molecule is CC1SC1Oc1ccccc1. The maximum Gasteiger partial charge on any atom is 0.156 e. The molecule has 1 aromatic carbocycles. The van der Waals surface area contributed by atoms with Crippen LogP contribution in [0.15, 0.2) is 30.3 Å². The Morgan fingerprint density at radius 3 is 2.45 bits per heavy atom. The van der Waals surface area contributed by atoms with Crippen LogP contribution in [0.25, 0.3) is 0 Å². The lowest BCUT2D eigenvalue weighted by molar-refractivity contribution is 0.319. The van der Waals surface area contributed by atoms with Crippen molar-refractivity contribution in [1.82, 2.24) is 0 Å². The van der Waals surface area contributed by atoms with E-state index >= 15 is 0 Å². The Hall–Kier alpha value is -0.630. The Morgan fingerprint density at radius 2 is 1.91 bits per heavy atom. The van der Waals surface area contributed by atoms with Crippen LogP contribution in [0.5, 0.6) is 5.75 Å². The van der Waals surface area contributed by atoms with Crippen molar-refractivity contribution < 1.29 is 4.74 Å². The second-order valence-corrected chi connectivity index (χ2v) is 4.12. The molecule has 11 heavy (non-hydrogen) atoms. The van der Waals surface area contributed by atoms with Gasteiger partial charge in [0.25, 0.3) is 0 Å². The van der Waals surface area contributed by atoms with E-state index in [-0.39, 0.29) is 0 Å². The molecule has 0 N–H and O–H groups in total. The van der Waals surface area contributed by atoms with E-state index < -0.39 is 0 Å². The molecule has 58 valence electrons. The van der Waals surface area contributed by atoms with Gasteiger partial charge in [0.2, 0.25) is 0 Å². The van der Waals surface area contributed by atoms with Crippen LogP contribution in [0.1, 0.15) is 6.92 Å². The molecule has 1 heterocycles. The summed E-state index contributed by atoms with van der Waals surface area (Å²) < 4.78 is 5.60. The van der Waals surface area contributed by atoms with Gasteiger partial charge in [-0.2, -0.15) is 0 Å². The molecular formula is C9H10OS. The van der Waals surface area contributed by atoms with Gasteiger partial charge in [-0.1, -0.05) is 18.2 Å². The summed E-state index contributed by atoms with van der Waals surface area (Å²) >= 11 is 1.86. The highest BCUT2D eigenvalue weighted by molar-refractivity contribution is 8.07. The quantitative estimate of drug-likeness (QED) is 0.624. The minimum absolute atomic E-state index is 0.400. The van der Waals surface area contributed by atoms with Gasteiger partial charge in [-0.05, 0) is 19.1 Å². The first-order chi connectivity index (χ1) is 5.36. The predicted octanol–water partition coefficient (Wildman–Crippen LogP) is 2.53. The lowest BCUT2D eigenvalue weighted by atomic mass is 10.3. The molecule has 2 rings (SSSR count). The van der Waals surface area contributed by atoms with E-state index in [1.165, 1.54) is 0 Å². The molecule has 0 aromatic heterocycles. The van der Waals surface area contributed by atoms with Crippen molar-refractivity contribution in [3.63, 3.8) is 0 Å². The van der Waals surface area contributed by atoms with Crippen molar-refractivity contribution in [3.8, 4) is 5.75 Å². The fourth-order valence-electron chi connectivity index (χ4n) is 0.923. The minimum Gasteiger partial charge on any atom is -0.479 e. The summed E-state index contributed by atoms with van der Waals surface area (Å²) in [5, 5.41) is 0.676. The van der Waals surface area contributed by atoms with Gasteiger partial charge in [0.15, 0.2) is 5.44 Å². The molecule has 0 radical (unpaired) electrons. The molecule has 1 aromatic rings. The number of benzene rings is 1. The summed E-state index contributed by atoms with van der Waals surface area (Å²) in [6.07, 6.45) is 0.